The number of rotatable bonds is 4. The van der Waals surface area contributed by atoms with Gasteiger partial charge in [-0.25, -0.2) is 4.39 Å². The number of halogens is 2. The lowest BCUT2D eigenvalue weighted by atomic mass is 9.98. The molecule has 0 aliphatic heterocycles. The predicted molar refractivity (Wildman–Crippen MR) is 75.3 cm³/mol. The zero-order chi connectivity index (χ0) is 13.8. The molecule has 2 aromatic rings. The highest BCUT2D eigenvalue weighted by molar-refractivity contribution is 6.30. The van der Waals surface area contributed by atoms with Crippen molar-refractivity contribution in [1.29, 1.82) is 0 Å². The summed E-state index contributed by atoms with van der Waals surface area (Å²) in [5.74, 6) is 0.209. The minimum atomic E-state index is -0.298. The van der Waals surface area contributed by atoms with E-state index in [-0.39, 0.29) is 11.9 Å². The van der Waals surface area contributed by atoms with Crippen LogP contribution in [-0.2, 0) is 0 Å². The van der Waals surface area contributed by atoms with E-state index in [0.717, 1.165) is 5.56 Å². The number of benzene rings is 2. The Morgan fingerprint density at radius 1 is 1.16 bits per heavy atom. The molecule has 2 aromatic carbocycles. The summed E-state index contributed by atoms with van der Waals surface area (Å²) in [5, 5.41) is 3.77. The van der Waals surface area contributed by atoms with Gasteiger partial charge in [0.05, 0.1) is 13.2 Å². The Bertz CT molecular complexity index is 557. The lowest BCUT2D eigenvalue weighted by molar-refractivity contribution is 0.410. The molecule has 2 rings (SSSR count). The van der Waals surface area contributed by atoms with Gasteiger partial charge in [-0.2, -0.15) is 0 Å². The van der Waals surface area contributed by atoms with Gasteiger partial charge in [0.1, 0.15) is 11.6 Å². The summed E-state index contributed by atoms with van der Waals surface area (Å²) in [4.78, 5) is 0. The van der Waals surface area contributed by atoms with E-state index < -0.39 is 0 Å². The van der Waals surface area contributed by atoms with Gasteiger partial charge in [-0.1, -0.05) is 29.8 Å². The van der Waals surface area contributed by atoms with Crippen molar-refractivity contribution in [2.24, 2.45) is 0 Å². The average molecular weight is 280 g/mol. The van der Waals surface area contributed by atoms with Crippen LogP contribution in [0.15, 0.2) is 42.5 Å². The largest absolute Gasteiger partial charge is 0.497 e. The van der Waals surface area contributed by atoms with Gasteiger partial charge in [0, 0.05) is 16.7 Å². The Balaban J connectivity index is 2.39. The topological polar surface area (TPSA) is 21.3 Å². The van der Waals surface area contributed by atoms with Gasteiger partial charge >= 0.3 is 0 Å². The predicted octanol–water partition coefficient (Wildman–Crippen LogP) is 3.80. The van der Waals surface area contributed by atoms with Gasteiger partial charge in [-0.15, -0.1) is 0 Å². The Hall–Kier alpha value is -1.58. The third-order valence-corrected chi connectivity index (χ3v) is 3.26. The molecular formula is C15H15ClFNO. The van der Waals surface area contributed by atoms with Crippen molar-refractivity contribution in [2.75, 3.05) is 14.2 Å². The minimum Gasteiger partial charge on any atom is -0.497 e. The van der Waals surface area contributed by atoms with Crippen LogP contribution in [0, 0.1) is 5.82 Å². The minimum absolute atomic E-state index is 0.219. The van der Waals surface area contributed by atoms with E-state index in [1.54, 1.807) is 31.3 Å². The Morgan fingerprint density at radius 2 is 1.84 bits per heavy atom. The van der Waals surface area contributed by atoms with Crippen molar-refractivity contribution >= 4 is 11.6 Å². The molecule has 0 fully saturated rings. The second-order valence-electron chi connectivity index (χ2n) is 4.16. The molecule has 0 aliphatic carbocycles. The third kappa shape index (κ3) is 3.06. The van der Waals surface area contributed by atoms with Gasteiger partial charge < -0.3 is 10.1 Å². The summed E-state index contributed by atoms with van der Waals surface area (Å²) in [7, 11) is 3.31. The first-order chi connectivity index (χ1) is 9.15. The van der Waals surface area contributed by atoms with Crippen molar-refractivity contribution in [1.82, 2.24) is 5.32 Å². The van der Waals surface area contributed by atoms with Gasteiger partial charge in [-0.3, -0.25) is 0 Å². The molecule has 0 amide bonds. The zero-order valence-electron chi connectivity index (χ0n) is 10.8. The number of methoxy groups -OCH3 is 1. The molecular weight excluding hydrogens is 265 g/mol. The molecule has 0 aromatic heterocycles. The first-order valence-electron chi connectivity index (χ1n) is 5.92. The van der Waals surface area contributed by atoms with E-state index in [9.17, 15) is 4.39 Å². The van der Waals surface area contributed by atoms with Crippen molar-refractivity contribution < 1.29 is 9.13 Å². The molecule has 0 heterocycles. The molecule has 1 N–H and O–H groups in total. The number of nitrogens with one attached hydrogen (secondary N) is 1. The maximum Gasteiger partial charge on any atom is 0.132 e. The fraction of sp³-hybridized carbons (Fsp3) is 0.200. The number of hydrogen-bond acceptors (Lipinski definition) is 2. The maximum absolute atomic E-state index is 14.1. The first kappa shape index (κ1) is 13.8. The molecule has 0 spiro atoms. The zero-order valence-corrected chi connectivity index (χ0v) is 11.5. The van der Waals surface area contributed by atoms with Crippen molar-refractivity contribution in [3.8, 4) is 5.75 Å². The Labute approximate surface area is 117 Å². The van der Waals surface area contributed by atoms with Gasteiger partial charge in [0.25, 0.3) is 0 Å². The van der Waals surface area contributed by atoms with Gasteiger partial charge in [0.2, 0.25) is 0 Å². The van der Waals surface area contributed by atoms with Crippen molar-refractivity contribution in [2.45, 2.75) is 6.04 Å². The van der Waals surface area contributed by atoms with E-state index in [0.29, 0.717) is 16.3 Å². The fourth-order valence-corrected chi connectivity index (χ4v) is 2.15. The quantitative estimate of drug-likeness (QED) is 0.919. The van der Waals surface area contributed by atoms with E-state index in [1.165, 1.54) is 13.2 Å². The van der Waals surface area contributed by atoms with Crippen LogP contribution in [0.4, 0.5) is 4.39 Å². The molecule has 0 bridgehead atoms. The lowest BCUT2D eigenvalue weighted by Crippen LogP contribution is -2.18. The maximum atomic E-state index is 14.1. The van der Waals surface area contributed by atoms with Crippen LogP contribution < -0.4 is 10.1 Å². The summed E-state index contributed by atoms with van der Waals surface area (Å²) < 4.78 is 19.1. The standard InChI is InChI=1S/C15H15ClFNO/c1-18-15(10-3-5-11(16)6-4-10)13-8-7-12(19-2)9-14(13)17/h3-9,15,18H,1-2H3. The van der Waals surface area contributed by atoms with Crippen molar-refractivity contribution in [3.05, 3.63) is 64.4 Å². The first-order valence-corrected chi connectivity index (χ1v) is 6.29. The molecule has 2 nitrogen and oxygen atoms in total. The molecule has 4 heteroatoms. The summed E-state index contributed by atoms with van der Waals surface area (Å²) in [5.41, 5.74) is 1.53. The van der Waals surface area contributed by atoms with E-state index in [2.05, 4.69) is 5.32 Å². The van der Waals surface area contributed by atoms with Crippen LogP contribution in [0.3, 0.4) is 0 Å². The molecule has 100 valence electrons. The summed E-state index contributed by atoms with van der Waals surface area (Å²) in [6.07, 6.45) is 0. The molecule has 1 atom stereocenters. The number of ether oxygens (including phenoxy) is 1. The molecule has 1 unspecified atom stereocenters. The van der Waals surface area contributed by atoms with Crippen molar-refractivity contribution in [3.63, 3.8) is 0 Å². The summed E-state index contributed by atoms with van der Waals surface area (Å²) in [6.45, 7) is 0. The van der Waals surface area contributed by atoms with Crippen LogP contribution in [0.2, 0.25) is 5.02 Å². The fourth-order valence-electron chi connectivity index (χ4n) is 2.03. The lowest BCUT2D eigenvalue weighted by Gasteiger charge is -2.18. The molecule has 0 saturated heterocycles. The molecule has 19 heavy (non-hydrogen) atoms. The average Bonchev–Trinajstić information content (AvgIpc) is 2.43. The van der Waals surface area contributed by atoms with Crippen LogP contribution in [0.5, 0.6) is 5.75 Å². The van der Waals surface area contributed by atoms with Crippen LogP contribution >= 0.6 is 11.6 Å². The monoisotopic (exact) mass is 279 g/mol. The third-order valence-electron chi connectivity index (χ3n) is 3.01. The summed E-state index contributed by atoms with van der Waals surface area (Å²) >= 11 is 5.87. The Kier molecular flexibility index (Phi) is 4.40. The van der Waals surface area contributed by atoms with Crippen LogP contribution in [0.1, 0.15) is 17.2 Å². The van der Waals surface area contributed by atoms with E-state index in [1.807, 2.05) is 12.1 Å². The smallest absolute Gasteiger partial charge is 0.132 e. The highest BCUT2D eigenvalue weighted by atomic mass is 35.5. The summed E-state index contributed by atoms with van der Waals surface area (Å²) in [6, 6.07) is 12.0. The van der Waals surface area contributed by atoms with E-state index >= 15 is 0 Å². The van der Waals surface area contributed by atoms with Crippen LogP contribution in [0.25, 0.3) is 0 Å². The van der Waals surface area contributed by atoms with Gasteiger partial charge in [0.15, 0.2) is 0 Å². The normalized spacial score (nSPS) is 12.2. The molecule has 0 aliphatic rings. The highest BCUT2D eigenvalue weighted by Gasteiger charge is 2.16. The highest BCUT2D eigenvalue weighted by Crippen LogP contribution is 2.27. The second-order valence-corrected chi connectivity index (χ2v) is 4.60. The second kappa shape index (κ2) is 6.04. The SMILES string of the molecule is CNC(c1ccc(Cl)cc1)c1ccc(OC)cc1F. The van der Waals surface area contributed by atoms with E-state index in [4.69, 9.17) is 16.3 Å². The molecule has 0 radical (unpaired) electrons. The molecule has 0 saturated carbocycles. The number of hydrogen-bond donors (Lipinski definition) is 1. The van der Waals surface area contributed by atoms with Gasteiger partial charge in [-0.05, 0) is 30.8 Å². The van der Waals surface area contributed by atoms with Crippen LogP contribution in [-0.4, -0.2) is 14.2 Å². The Morgan fingerprint density at radius 3 is 2.37 bits per heavy atom.